The minimum atomic E-state index is -1.46. The fraction of sp³-hybridized carbons (Fsp3) is 0.200. The highest BCUT2D eigenvalue weighted by molar-refractivity contribution is 9.10. The van der Waals surface area contributed by atoms with E-state index in [0.717, 1.165) is 6.07 Å². The van der Waals surface area contributed by atoms with E-state index in [1.54, 1.807) is 6.07 Å². The molecule has 0 heterocycles. The summed E-state index contributed by atoms with van der Waals surface area (Å²) in [5.41, 5.74) is -0.125. The summed E-state index contributed by atoms with van der Waals surface area (Å²) < 4.78 is 38.1. The summed E-state index contributed by atoms with van der Waals surface area (Å²) in [6, 6.07) is 6.89. The van der Waals surface area contributed by atoms with Crippen LogP contribution in [0.25, 0.3) is 0 Å². The number of halogens is 3. The quantitative estimate of drug-likeness (QED) is 0.844. The van der Waals surface area contributed by atoms with Gasteiger partial charge in [-0.1, -0.05) is 6.07 Å². The number of rotatable bonds is 4. The molecule has 0 aromatic heterocycles. The Kier molecular flexibility index (Phi) is 4.80. The zero-order valence-corrected chi connectivity index (χ0v) is 12.9. The summed E-state index contributed by atoms with van der Waals surface area (Å²) in [6.45, 7) is 0. The molecule has 1 atom stereocenters. The molecule has 0 saturated carbocycles. The molecule has 21 heavy (non-hydrogen) atoms. The fourth-order valence-corrected chi connectivity index (χ4v) is 2.33. The van der Waals surface area contributed by atoms with Crippen LogP contribution in [0.4, 0.5) is 8.78 Å². The molecule has 0 bridgehead atoms. The van der Waals surface area contributed by atoms with E-state index in [1.807, 2.05) is 0 Å². The van der Waals surface area contributed by atoms with Crippen LogP contribution in [0.2, 0.25) is 0 Å². The average molecular weight is 359 g/mol. The van der Waals surface area contributed by atoms with Crippen LogP contribution in [0.15, 0.2) is 34.8 Å². The molecule has 0 aliphatic heterocycles. The number of benzene rings is 2. The van der Waals surface area contributed by atoms with Crippen molar-refractivity contribution in [2.45, 2.75) is 6.10 Å². The normalized spacial score (nSPS) is 12.1. The Bertz CT molecular complexity index is 662. The zero-order chi connectivity index (χ0) is 15.6. The smallest absolute Gasteiger partial charge is 0.161 e. The molecule has 2 aromatic carbocycles. The third-order valence-electron chi connectivity index (χ3n) is 3.08. The van der Waals surface area contributed by atoms with Gasteiger partial charge in [0.1, 0.15) is 17.7 Å². The molecule has 2 rings (SSSR count). The summed E-state index contributed by atoms with van der Waals surface area (Å²) >= 11 is 2.97. The van der Waals surface area contributed by atoms with E-state index in [4.69, 9.17) is 9.47 Å². The average Bonchev–Trinajstić information content (AvgIpc) is 2.50. The molecule has 0 spiro atoms. The second kappa shape index (κ2) is 6.41. The monoisotopic (exact) mass is 358 g/mol. The van der Waals surface area contributed by atoms with Crippen molar-refractivity contribution in [2.75, 3.05) is 14.2 Å². The minimum absolute atomic E-state index is 0.0819. The van der Waals surface area contributed by atoms with Gasteiger partial charge in [-0.05, 0) is 45.8 Å². The Labute approximate surface area is 129 Å². The molecule has 0 fully saturated rings. The van der Waals surface area contributed by atoms with E-state index in [2.05, 4.69) is 15.9 Å². The maximum atomic E-state index is 14.0. The predicted octanol–water partition coefficient (Wildman–Crippen LogP) is 3.83. The van der Waals surface area contributed by atoms with Gasteiger partial charge in [0.25, 0.3) is 0 Å². The Hall–Kier alpha value is -1.66. The summed E-state index contributed by atoms with van der Waals surface area (Å²) in [5.74, 6) is -0.830. The fourth-order valence-electron chi connectivity index (χ4n) is 1.98. The van der Waals surface area contributed by atoms with Crippen molar-refractivity contribution in [3.63, 3.8) is 0 Å². The van der Waals surface area contributed by atoms with Crippen molar-refractivity contribution < 1.29 is 23.4 Å². The van der Waals surface area contributed by atoms with Crippen LogP contribution in [0.3, 0.4) is 0 Å². The summed E-state index contributed by atoms with van der Waals surface area (Å²) in [7, 11) is 2.91. The van der Waals surface area contributed by atoms with E-state index in [-0.39, 0.29) is 4.47 Å². The predicted molar refractivity (Wildman–Crippen MR) is 77.7 cm³/mol. The van der Waals surface area contributed by atoms with Gasteiger partial charge in [0, 0.05) is 0 Å². The number of ether oxygens (including phenoxy) is 2. The van der Waals surface area contributed by atoms with Crippen LogP contribution < -0.4 is 9.47 Å². The van der Waals surface area contributed by atoms with Gasteiger partial charge >= 0.3 is 0 Å². The number of hydrogen-bond donors (Lipinski definition) is 1. The molecule has 3 nitrogen and oxygen atoms in total. The van der Waals surface area contributed by atoms with Gasteiger partial charge in [-0.3, -0.25) is 0 Å². The van der Waals surface area contributed by atoms with Gasteiger partial charge < -0.3 is 14.6 Å². The molecule has 1 unspecified atom stereocenters. The molecule has 2 aromatic rings. The molecule has 0 aliphatic carbocycles. The molecule has 0 amide bonds. The number of hydrogen-bond acceptors (Lipinski definition) is 3. The lowest BCUT2D eigenvalue weighted by Gasteiger charge is -2.16. The second-order valence-corrected chi connectivity index (χ2v) is 5.13. The maximum Gasteiger partial charge on any atom is 0.161 e. The SMILES string of the molecule is COc1ccc(C(O)c2c(F)ccc(Br)c2F)cc1OC. The maximum absolute atomic E-state index is 14.0. The Morgan fingerprint density at radius 1 is 1.05 bits per heavy atom. The van der Waals surface area contributed by atoms with Gasteiger partial charge in [-0.15, -0.1) is 0 Å². The highest BCUT2D eigenvalue weighted by atomic mass is 79.9. The van der Waals surface area contributed by atoms with E-state index in [9.17, 15) is 13.9 Å². The summed E-state index contributed by atoms with van der Waals surface area (Å²) in [4.78, 5) is 0. The van der Waals surface area contributed by atoms with Crippen molar-refractivity contribution in [2.24, 2.45) is 0 Å². The Morgan fingerprint density at radius 2 is 1.71 bits per heavy atom. The Morgan fingerprint density at radius 3 is 2.33 bits per heavy atom. The molecule has 0 radical (unpaired) electrons. The lowest BCUT2D eigenvalue weighted by atomic mass is 10.00. The van der Waals surface area contributed by atoms with Crippen LogP contribution >= 0.6 is 15.9 Å². The van der Waals surface area contributed by atoms with E-state index in [1.165, 1.54) is 32.4 Å². The minimum Gasteiger partial charge on any atom is -0.493 e. The molecule has 0 saturated heterocycles. The van der Waals surface area contributed by atoms with E-state index >= 15 is 0 Å². The Balaban J connectivity index is 2.50. The standard InChI is InChI=1S/C15H13BrF2O3/c1-20-11-6-3-8(7-12(11)21-2)15(19)13-10(17)5-4-9(16)14(13)18/h3-7,15,19H,1-2H3. The first-order valence-corrected chi connectivity index (χ1v) is 6.82. The van der Waals surface area contributed by atoms with Gasteiger partial charge in [0.15, 0.2) is 11.5 Å². The molecule has 6 heteroatoms. The molecule has 112 valence electrons. The molecule has 0 aliphatic rings. The molecule has 1 N–H and O–H groups in total. The molecular formula is C15H13BrF2O3. The van der Waals surface area contributed by atoms with Gasteiger partial charge in [0.2, 0.25) is 0 Å². The third kappa shape index (κ3) is 3.01. The van der Waals surface area contributed by atoms with Crippen molar-refractivity contribution in [3.8, 4) is 11.5 Å². The van der Waals surface area contributed by atoms with E-state index < -0.39 is 23.3 Å². The summed E-state index contributed by atoms with van der Waals surface area (Å²) in [5, 5.41) is 10.3. The van der Waals surface area contributed by atoms with Gasteiger partial charge in [-0.25, -0.2) is 8.78 Å². The first kappa shape index (κ1) is 15.7. The first-order chi connectivity index (χ1) is 9.99. The van der Waals surface area contributed by atoms with Crippen LogP contribution in [-0.4, -0.2) is 19.3 Å². The molecular weight excluding hydrogens is 346 g/mol. The van der Waals surface area contributed by atoms with Gasteiger partial charge in [0.05, 0.1) is 24.3 Å². The topological polar surface area (TPSA) is 38.7 Å². The van der Waals surface area contributed by atoms with Crippen LogP contribution in [0, 0.1) is 11.6 Å². The van der Waals surface area contributed by atoms with Crippen LogP contribution in [0.1, 0.15) is 17.2 Å². The first-order valence-electron chi connectivity index (χ1n) is 6.03. The van der Waals surface area contributed by atoms with Crippen LogP contribution in [0.5, 0.6) is 11.5 Å². The van der Waals surface area contributed by atoms with Crippen molar-refractivity contribution >= 4 is 15.9 Å². The van der Waals surface area contributed by atoms with E-state index in [0.29, 0.717) is 17.1 Å². The number of aliphatic hydroxyl groups excluding tert-OH is 1. The highest BCUT2D eigenvalue weighted by Crippen LogP contribution is 2.35. The highest BCUT2D eigenvalue weighted by Gasteiger charge is 2.22. The zero-order valence-electron chi connectivity index (χ0n) is 11.4. The largest absolute Gasteiger partial charge is 0.493 e. The van der Waals surface area contributed by atoms with Crippen molar-refractivity contribution in [1.82, 2.24) is 0 Å². The third-order valence-corrected chi connectivity index (χ3v) is 3.69. The lowest BCUT2D eigenvalue weighted by Crippen LogP contribution is -2.07. The van der Waals surface area contributed by atoms with Gasteiger partial charge in [-0.2, -0.15) is 0 Å². The second-order valence-electron chi connectivity index (χ2n) is 4.27. The van der Waals surface area contributed by atoms with Crippen molar-refractivity contribution in [3.05, 3.63) is 57.6 Å². The van der Waals surface area contributed by atoms with Crippen LogP contribution in [-0.2, 0) is 0 Å². The lowest BCUT2D eigenvalue weighted by molar-refractivity contribution is 0.208. The summed E-state index contributed by atoms with van der Waals surface area (Å²) in [6.07, 6.45) is -1.46. The number of methoxy groups -OCH3 is 2. The van der Waals surface area contributed by atoms with Crippen molar-refractivity contribution in [1.29, 1.82) is 0 Å². The number of aliphatic hydroxyl groups is 1.